The quantitative estimate of drug-likeness (QED) is 0.455. The molecule has 0 aromatic carbocycles. The van der Waals surface area contributed by atoms with E-state index >= 15 is 0 Å². The lowest BCUT2D eigenvalue weighted by Gasteiger charge is -2.18. The fraction of sp³-hybridized carbons (Fsp3) is 0.833. The number of nitrogens with two attached hydrogens (primary N) is 1. The van der Waals surface area contributed by atoms with Crippen LogP contribution >= 0.6 is 7.60 Å². The molecule has 0 aromatic heterocycles. The van der Waals surface area contributed by atoms with Crippen molar-refractivity contribution in [1.82, 2.24) is 0 Å². The Bertz CT molecular complexity index is 274. The van der Waals surface area contributed by atoms with Gasteiger partial charge in [0.15, 0.2) is 0 Å². The van der Waals surface area contributed by atoms with Crippen molar-refractivity contribution in [3.8, 4) is 0 Å². The highest BCUT2D eigenvalue weighted by Crippen LogP contribution is 2.51. The number of aliphatic carboxylic acids is 1. The second-order valence-electron chi connectivity index (χ2n) is 3.45. The Kier molecular flexibility index (Phi) is 2.51. The average Bonchev–Trinajstić information content (AvgIpc) is 2.31. The molecule has 76 valence electrons. The topological polar surface area (TPSA) is 121 Å². The van der Waals surface area contributed by atoms with Crippen molar-refractivity contribution in [2.75, 3.05) is 0 Å². The molecule has 0 spiro atoms. The highest BCUT2D eigenvalue weighted by Gasteiger charge is 2.47. The van der Waals surface area contributed by atoms with Gasteiger partial charge in [-0.05, 0) is 19.3 Å². The molecule has 1 rings (SSSR count). The van der Waals surface area contributed by atoms with E-state index in [1.165, 1.54) is 0 Å². The molecule has 0 aliphatic heterocycles. The molecule has 6 nitrogen and oxygen atoms in total. The van der Waals surface area contributed by atoms with Gasteiger partial charge < -0.3 is 20.6 Å². The predicted molar refractivity (Wildman–Crippen MR) is 44.2 cm³/mol. The monoisotopic (exact) mass is 209 g/mol. The zero-order valence-corrected chi connectivity index (χ0v) is 7.78. The minimum Gasteiger partial charge on any atom is -0.480 e. The second kappa shape index (κ2) is 3.06. The summed E-state index contributed by atoms with van der Waals surface area (Å²) in [4.78, 5) is 28.2. The van der Waals surface area contributed by atoms with Crippen LogP contribution in [0.1, 0.15) is 19.3 Å². The van der Waals surface area contributed by atoms with Gasteiger partial charge in [-0.25, -0.2) is 0 Å². The van der Waals surface area contributed by atoms with Gasteiger partial charge in [0.05, 0.1) is 5.66 Å². The molecule has 1 aliphatic rings. The van der Waals surface area contributed by atoms with Crippen LogP contribution in [-0.4, -0.2) is 32.1 Å². The molecule has 0 bridgehead atoms. The van der Waals surface area contributed by atoms with Crippen LogP contribution < -0.4 is 5.73 Å². The summed E-state index contributed by atoms with van der Waals surface area (Å²) in [6.07, 6.45) is 0.151. The van der Waals surface area contributed by atoms with Crippen LogP contribution in [0.3, 0.4) is 0 Å². The lowest BCUT2D eigenvalue weighted by Crippen LogP contribution is -2.45. The number of carboxylic acid groups (broad SMARTS) is 1. The zero-order chi connectivity index (χ0) is 10.3. The van der Waals surface area contributed by atoms with E-state index in [0.29, 0.717) is 0 Å². The van der Waals surface area contributed by atoms with Gasteiger partial charge in [-0.15, -0.1) is 0 Å². The summed E-state index contributed by atoms with van der Waals surface area (Å²) < 4.78 is 10.8. The molecule has 0 radical (unpaired) electrons. The van der Waals surface area contributed by atoms with Gasteiger partial charge in [0, 0.05) is 0 Å². The van der Waals surface area contributed by atoms with E-state index in [4.69, 9.17) is 20.6 Å². The second-order valence-corrected chi connectivity index (χ2v) is 5.36. The third-order valence-corrected chi connectivity index (χ3v) is 3.82. The van der Waals surface area contributed by atoms with Gasteiger partial charge in [0.2, 0.25) is 0 Å². The summed E-state index contributed by atoms with van der Waals surface area (Å²) in [5, 5.41) is 8.68. The minimum atomic E-state index is -4.18. The van der Waals surface area contributed by atoms with Crippen molar-refractivity contribution in [3.63, 3.8) is 0 Å². The Morgan fingerprint density at radius 2 is 2.08 bits per heavy atom. The molecule has 5 N–H and O–H groups in total. The number of carboxylic acids is 1. The molecule has 0 saturated heterocycles. The average molecular weight is 209 g/mol. The van der Waals surface area contributed by atoms with Gasteiger partial charge in [0.25, 0.3) is 0 Å². The molecule has 0 amide bonds. The lowest BCUT2D eigenvalue weighted by atomic mass is 10.0. The molecule has 1 aliphatic carbocycles. The van der Waals surface area contributed by atoms with Gasteiger partial charge in [-0.3, -0.25) is 9.36 Å². The SMILES string of the molecule is N[C@]1(C(=O)O)CCC(P(=O)(O)O)C1. The van der Waals surface area contributed by atoms with Crippen LogP contribution in [0.2, 0.25) is 0 Å². The Labute approximate surface area is 74.9 Å². The van der Waals surface area contributed by atoms with E-state index in [1.807, 2.05) is 0 Å². The fourth-order valence-corrected chi connectivity index (χ4v) is 2.56. The van der Waals surface area contributed by atoms with E-state index in [1.54, 1.807) is 0 Å². The van der Waals surface area contributed by atoms with Gasteiger partial charge in [-0.1, -0.05) is 0 Å². The summed E-state index contributed by atoms with van der Waals surface area (Å²) in [5.74, 6) is -1.19. The first-order valence-corrected chi connectivity index (χ1v) is 5.51. The third-order valence-electron chi connectivity index (χ3n) is 2.43. The van der Waals surface area contributed by atoms with E-state index < -0.39 is 24.8 Å². The maximum Gasteiger partial charge on any atom is 0.328 e. The van der Waals surface area contributed by atoms with Gasteiger partial charge in [-0.2, -0.15) is 0 Å². The van der Waals surface area contributed by atoms with Crippen molar-refractivity contribution in [2.24, 2.45) is 5.73 Å². The first-order chi connectivity index (χ1) is 5.76. The molecule has 0 aromatic rings. The fourth-order valence-electron chi connectivity index (χ4n) is 1.53. The van der Waals surface area contributed by atoms with Crippen LogP contribution in [0, 0.1) is 0 Å². The number of carbonyl (C=O) groups is 1. The van der Waals surface area contributed by atoms with Gasteiger partial charge in [0.1, 0.15) is 5.54 Å². The maximum absolute atomic E-state index is 10.8. The highest BCUT2D eigenvalue weighted by atomic mass is 31.2. The number of rotatable bonds is 2. The van der Waals surface area contributed by atoms with Crippen LogP contribution in [0.15, 0.2) is 0 Å². The largest absolute Gasteiger partial charge is 0.480 e. The zero-order valence-electron chi connectivity index (χ0n) is 6.88. The minimum absolute atomic E-state index is 0.123. The Balaban J connectivity index is 2.75. The molecular weight excluding hydrogens is 197 g/mol. The maximum atomic E-state index is 10.8. The number of hydrogen-bond donors (Lipinski definition) is 4. The molecular formula is C6H12NO5P. The predicted octanol–water partition coefficient (Wildman–Crippen LogP) is -0.501. The molecule has 13 heavy (non-hydrogen) atoms. The number of hydrogen-bond acceptors (Lipinski definition) is 3. The first kappa shape index (κ1) is 10.7. The Morgan fingerprint density at radius 1 is 1.54 bits per heavy atom. The summed E-state index contributed by atoms with van der Waals surface area (Å²) in [6, 6.07) is 0. The summed E-state index contributed by atoms with van der Waals surface area (Å²) in [5.41, 5.74) is 3.10. The highest BCUT2D eigenvalue weighted by molar-refractivity contribution is 7.52. The Morgan fingerprint density at radius 3 is 2.31 bits per heavy atom. The van der Waals surface area contributed by atoms with E-state index in [-0.39, 0.29) is 19.3 Å². The van der Waals surface area contributed by atoms with Crippen molar-refractivity contribution in [1.29, 1.82) is 0 Å². The van der Waals surface area contributed by atoms with Crippen molar-refractivity contribution in [2.45, 2.75) is 30.5 Å². The summed E-state index contributed by atoms with van der Waals surface area (Å²) in [7, 11) is -4.18. The summed E-state index contributed by atoms with van der Waals surface area (Å²) in [6.45, 7) is 0. The molecule has 0 heterocycles. The third kappa shape index (κ3) is 2.08. The van der Waals surface area contributed by atoms with Gasteiger partial charge >= 0.3 is 13.6 Å². The van der Waals surface area contributed by atoms with Crippen molar-refractivity contribution in [3.05, 3.63) is 0 Å². The van der Waals surface area contributed by atoms with Crippen LogP contribution in [0.5, 0.6) is 0 Å². The first-order valence-electron chi connectivity index (χ1n) is 3.83. The van der Waals surface area contributed by atoms with E-state index in [2.05, 4.69) is 0 Å². The Hall–Kier alpha value is -0.420. The van der Waals surface area contributed by atoms with Crippen molar-refractivity contribution < 1.29 is 24.3 Å². The van der Waals surface area contributed by atoms with Crippen LogP contribution in [-0.2, 0) is 9.36 Å². The normalized spacial score (nSPS) is 34.8. The molecule has 1 unspecified atom stereocenters. The smallest absolute Gasteiger partial charge is 0.328 e. The molecule has 1 fully saturated rings. The molecule has 1 saturated carbocycles. The van der Waals surface area contributed by atoms with Crippen molar-refractivity contribution >= 4 is 13.6 Å². The standard InChI is InChI=1S/C6H12NO5P/c7-6(5(8)9)2-1-4(3-6)13(10,11)12/h4H,1-3,7H2,(H,8,9)(H2,10,11,12)/t4?,6-/m1/s1. The lowest BCUT2D eigenvalue weighted by molar-refractivity contribution is -0.143. The van der Waals surface area contributed by atoms with E-state index in [9.17, 15) is 9.36 Å². The van der Waals surface area contributed by atoms with Crippen LogP contribution in [0.25, 0.3) is 0 Å². The molecule has 7 heteroatoms. The summed E-state index contributed by atoms with van der Waals surface area (Å²) >= 11 is 0. The molecule has 2 atom stereocenters. The van der Waals surface area contributed by atoms with Crippen LogP contribution in [0.4, 0.5) is 0 Å². The van der Waals surface area contributed by atoms with E-state index in [0.717, 1.165) is 0 Å².